The van der Waals surface area contributed by atoms with Gasteiger partial charge in [-0.25, -0.2) is 4.39 Å². The molecule has 0 aliphatic rings. The lowest BCUT2D eigenvalue weighted by Gasteiger charge is -2.14. The summed E-state index contributed by atoms with van der Waals surface area (Å²) < 4.78 is 24.4. The summed E-state index contributed by atoms with van der Waals surface area (Å²) in [6.45, 7) is 0.353. The number of aliphatic carboxylic acids is 1. The van der Waals surface area contributed by atoms with Crippen molar-refractivity contribution in [1.29, 1.82) is 0 Å². The van der Waals surface area contributed by atoms with Crippen molar-refractivity contribution < 1.29 is 23.8 Å². The van der Waals surface area contributed by atoms with Crippen molar-refractivity contribution in [2.75, 3.05) is 13.7 Å². The normalized spacial score (nSPS) is 11.7. The van der Waals surface area contributed by atoms with Gasteiger partial charge >= 0.3 is 5.97 Å². The van der Waals surface area contributed by atoms with E-state index in [9.17, 15) is 14.3 Å². The van der Waals surface area contributed by atoms with Crippen LogP contribution < -0.4 is 9.47 Å². The second kappa shape index (κ2) is 8.17. The van der Waals surface area contributed by atoms with Gasteiger partial charge in [-0.2, -0.15) is 0 Å². The highest BCUT2D eigenvalue weighted by Crippen LogP contribution is 2.25. The Morgan fingerprint density at radius 1 is 1.17 bits per heavy atom. The minimum atomic E-state index is -1.03. The van der Waals surface area contributed by atoms with Gasteiger partial charge in [-0.1, -0.05) is 24.3 Å². The molecule has 0 fully saturated rings. The zero-order chi connectivity index (χ0) is 16.7. The number of hydrogen-bond acceptors (Lipinski definition) is 3. The molecule has 0 aliphatic carbocycles. The number of ether oxygens (including phenoxy) is 2. The largest absolute Gasteiger partial charge is 0.497 e. The van der Waals surface area contributed by atoms with E-state index in [0.29, 0.717) is 30.9 Å². The molecular formula is C18H19FO4. The van der Waals surface area contributed by atoms with Crippen molar-refractivity contribution >= 4 is 5.97 Å². The molecule has 122 valence electrons. The van der Waals surface area contributed by atoms with Gasteiger partial charge in [0.25, 0.3) is 0 Å². The van der Waals surface area contributed by atoms with E-state index in [-0.39, 0.29) is 5.56 Å². The lowest BCUT2D eigenvalue weighted by molar-refractivity contribution is -0.139. The minimum absolute atomic E-state index is 0.210. The maximum absolute atomic E-state index is 13.7. The summed E-state index contributed by atoms with van der Waals surface area (Å²) in [7, 11) is 1.57. The van der Waals surface area contributed by atoms with E-state index in [0.717, 1.165) is 0 Å². The Bertz CT molecular complexity index is 657. The van der Waals surface area contributed by atoms with Gasteiger partial charge in [0.05, 0.1) is 19.6 Å². The SMILES string of the molecule is COc1cccc(OCCCC(C(=O)O)c2ccccc2F)c1. The van der Waals surface area contributed by atoms with Gasteiger partial charge < -0.3 is 14.6 Å². The molecule has 2 rings (SSSR count). The number of carboxylic acid groups (broad SMARTS) is 1. The van der Waals surface area contributed by atoms with Crippen LogP contribution in [0.25, 0.3) is 0 Å². The molecule has 2 aromatic rings. The first-order valence-corrected chi connectivity index (χ1v) is 7.36. The van der Waals surface area contributed by atoms with Crippen LogP contribution in [0.4, 0.5) is 4.39 Å². The maximum Gasteiger partial charge on any atom is 0.311 e. The first kappa shape index (κ1) is 16.8. The van der Waals surface area contributed by atoms with Crippen LogP contribution in [0.15, 0.2) is 48.5 Å². The van der Waals surface area contributed by atoms with Crippen molar-refractivity contribution in [3.8, 4) is 11.5 Å². The molecule has 2 aromatic carbocycles. The van der Waals surface area contributed by atoms with Gasteiger partial charge in [0.1, 0.15) is 17.3 Å². The Morgan fingerprint density at radius 2 is 1.91 bits per heavy atom. The van der Waals surface area contributed by atoms with Crippen molar-refractivity contribution in [3.05, 3.63) is 59.9 Å². The number of hydrogen-bond donors (Lipinski definition) is 1. The van der Waals surface area contributed by atoms with E-state index in [2.05, 4.69) is 0 Å². The molecule has 4 nitrogen and oxygen atoms in total. The van der Waals surface area contributed by atoms with E-state index in [1.807, 2.05) is 12.1 Å². The predicted octanol–water partition coefficient (Wildman–Crippen LogP) is 3.86. The lowest BCUT2D eigenvalue weighted by atomic mass is 9.94. The van der Waals surface area contributed by atoms with E-state index in [4.69, 9.17) is 9.47 Å². The number of methoxy groups -OCH3 is 1. The Balaban J connectivity index is 1.90. The summed E-state index contributed by atoms with van der Waals surface area (Å²) in [5.74, 6) is -1.05. The number of rotatable bonds is 8. The molecule has 0 radical (unpaired) electrons. The van der Waals surface area contributed by atoms with Crippen LogP contribution in [0, 0.1) is 5.82 Å². The van der Waals surface area contributed by atoms with Crippen LogP contribution in [-0.2, 0) is 4.79 Å². The molecule has 0 heterocycles. The maximum atomic E-state index is 13.7. The average Bonchev–Trinajstić information content (AvgIpc) is 2.56. The monoisotopic (exact) mass is 318 g/mol. The predicted molar refractivity (Wildman–Crippen MR) is 84.5 cm³/mol. The smallest absolute Gasteiger partial charge is 0.311 e. The second-order valence-electron chi connectivity index (χ2n) is 5.08. The molecule has 0 aromatic heterocycles. The highest BCUT2D eigenvalue weighted by Gasteiger charge is 2.22. The Morgan fingerprint density at radius 3 is 2.61 bits per heavy atom. The Hall–Kier alpha value is -2.56. The van der Waals surface area contributed by atoms with E-state index < -0.39 is 17.7 Å². The molecular weight excluding hydrogens is 299 g/mol. The van der Waals surface area contributed by atoms with E-state index in [1.165, 1.54) is 12.1 Å². The number of carboxylic acids is 1. The summed E-state index contributed by atoms with van der Waals surface area (Å²) >= 11 is 0. The standard InChI is InChI=1S/C18H19FO4/c1-22-13-6-4-7-14(12-13)23-11-5-9-16(18(20)21)15-8-2-3-10-17(15)19/h2-4,6-8,10,12,16H,5,9,11H2,1H3,(H,20,21). The minimum Gasteiger partial charge on any atom is -0.497 e. The fraction of sp³-hybridized carbons (Fsp3) is 0.278. The zero-order valence-corrected chi connectivity index (χ0v) is 12.9. The molecule has 0 amide bonds. The van der Waals surface area contributed by atoms with Gasteiger partial charge in [0.2, 0.25) is 0 Å². The van der Waals surface area contributed by atoms with Crippen LogP contribution in [0.3, 0.4) is 0 Å². The number of benzene rings is 2. The Kier molecular flexibility index (Phi) is 5.97. The van der Waals surface area contributed by atoms with Crippen molar-refractivity contribution in [3.63, 3.8) is 0 Å². The third kappa shape index (κ3) is 4.71. The van der Waals surface area contributed by atoms with Gasteiger partial charge in [-0.05, 0) is 31.0 Å². The van der Waals surface area contributed by atoms with Crippen LogP contribution in [-0.4, -0.2) is 24.8 Å². The Labute approximate surface area is 134 Å². The molecule has 0 spiro atoms. The summed E-state index contributed by atoms with van der Waals surface area (Å²) in [5.41, 5.74) is 0.210. The van der Waals surface area contributed by atoms with Gasteiger partial charge in [0, 0.05) is 11.6 Å². The van der Waals surface area contributed by atoms with E-state index in [1.54, 1.807) is 31.4 Å². The summed E-state index contributed by atoms with van der Waals surface area (Å²) in [4.78, 5) is 11.4. The molecule has 0 saturated carbocycles. The third-order valence-electron chi connectivity index (χ3n) is 3.53. The quantitative estimate of drug-likeness (QED) is 0.751. The lowest BCUT2D eigenvalue weighted by Crippen LogP contribution is -2.14. The topological polar surface area (TPSA) is 55.8 Å². The van der Waals surface area contributed by atoms with Crippen LogP contribution in [0.1, 0.15) is 24.3 Å². The number of carbonyl (C=O) groups is 1. The molecule has 0 aliphatic heterocycles. The van der Waals surface area contributed by atoms with Gasteiger partial charge in [0.15, 0.2) is 0 Å². The highest BCUT2D eigenvalue weighted by atomic mass is 19.1. The van der Waals surface area contributed by atoms with Gasteiger partial charge in [-0.15, -0.1) is 0 Å². The van der Waals surface area contributed by atoms with Crippen LogP contribution in [0.5, 0.6) is 11.5 Å². The molecule has 1 unspecified atom stereocenters. The van der Waals surface area contributed by atoms with Gasteiger partial charge in [-0.3, -0.25) is 4.79 Å². The van der Waals surface area contributed by atoms with Crippen molar-refractivity contribution in [2.24, 2.45) is 0 Å². The highest BCUT2D eigenvalue weighted by molar-refractivity contribution is 5.76. The average molecular weight is 318 g/mol. The fourth-order valence-electron chi connectivity index (χ4n) is 2.34. The van der Waals surface area contributed by atoms with Crippen molar-refractivity contribution in [2.45, 2.75) is 18.8 Å². The summed E-state index contributed by atoms with van der Waals surface area (Å²) in [5, 5.41) is 9.31. The third-order valence-corrected chi connectivity index (χ3v) is 3.53. The molecule has 5 heteroatoms. The molecule has 0 saturated heterocycles. The number of halogens is 1. The summed E-state index contributed by atoms with van der Waals surface area (Å²) in [6, 6.07) is 13.2. The first-order valence-electron chi connectivity index (χ1n) is 7.36. The molecule has 23 heavy (non-hydrogen) atoms. The van der Waals surface area contributed by atoms with Crippen molar-refractivity contribution in [1.82, 2.24) is 0 Å². The second-order valence-corrected chi connectivity index (χ2v) is 5.08. The molecule has 1 atom stereocenters. The summed E-state index contributed by atoms with van der Waals surface area (Å²) in [6.07, 6.45) is 0.808. The van der Waals surface area contributed by atoms with Crippen LogP contribution >= 0.6 is 0 Å². The zero-order valence-electron chi connectivity index (χ0n) is 12.9. The molecule has 1 N–H and O–H groups in total. The first-order chi connectivity index (χ1) is 11.1. The van der Waals surface area contributed by atoms with Crippen LogP contribution in [0.2, 0.25) is 0 Å². The molecule has 0 bridgehead atoms. The van der Waals surface area contributed by atoms with E-state index >= 15 is 0 Å². The fourth-order valence-corrected chi connectivity index (χ4v) is 2.34.